The second-order valence-electron chi connectivity index (χ2n) is 4.17. The molecule has 14 heavy (non-hydrogen) atoms. The lowest BCUT2D eigenvalue weighted by Crippen LogP contribution is -2.59. The Morgan fingerprint density at radius 1 is 1.36 bits per heavy atom. The minimum Gasteiger partial charge on any atom is -0.480 e. The third-order valence-corrected chi connectivity index (χ3v) is 2.15. The third-order valence-electron chi connectivity index (χ3n) is 2.15. The highest BCUT2D eigenvalue weighted by Crippen LogP contribution is 2.11. The number of nitrogens with one attached hydrogen (secondary N) is 1. The predicted octanol–water partition coefficient (Wildman–Crippen LogP) is 0.0932. The largest absolute Gasteiger partial charge is 0.480 e. The second kappa shape index (κ2) is 3.96. The summed E-state index contributed by atoms with van der Waals surface area (Å²) in [5.74, 6) is -1.53. The molecule has 0 saturated carbocycles. The van der Waals surface area contributed by atoms with Crippen LogP contribution in [0.2, 0.25) is 0 Å². The first-order chi connectivity index (χ1) is 6.13. The van der Waals surface area contributed by atoms with Gasteiger partial charge in [-0.15, -0.1) is 0 Å². The van der Waals surface area contributed by atoms with Crippen molar-refractivity contribution in [2.75, 3.05) is 0 Å². The average Bonchev–Trinajstić information content (AvgIpc) is 2.02. The highest BCUT2D eigenvalue weighted by molar-refractivity contribution is 5.91. The molecule has 0 aliphatic carbocycles. The van der Waals surface area contributed by atoms with Gasteiger partial charge in [-0.25, -0.2) is 4.79 Å². The van der Waals surface area contributed by atoms with Crippen LogP contribution >= 0.6 is 0 Å². The summed E-state index contributed by atoms with van der Waals surface area (Å²) < 4.78 is 0. The second-order valence-corrected chi connectivity index (χ2v) is 4.17. The van der Waals surface area contributed by atoms with E-state index in [1.165, 1.54) is 20.8 Å². The number of carbonyl (C=O) groups is 2. The van der Waals surface area contributed by atoms with Crippen molar-refractivity contribution in [3.8, 4) is 0 Å². The first kappa shape index (κ1) is 12.9. The summed E-state index contributed by atoms with van der Waals surface area (Å²) in [6.45, 7) is 6.21. The molecule has 0 aromatic heterocycles. The van der Waals surface area contributed by atoms with Gasteiger partial charge in [-0.05, 0) is 27.2 Å². The van der Waals surface area contributed by atoms with Crippen LogP contribution in [-0.4, -0.2) is 28.1 Å². The summed E-state index contributed by atoms with van der Waals surface area (Å²) in [6, 6.07) is 0. The normalized spacial score (nSPS) is 15.8. The van der Waals surface area contributed by atoms with E-state index in [4.69, 9.17) is 10.8 Å². The zero-order chi connectivity index (χ0) is 11.6. The van der Waals surface area contributed by atoms with Gasteiger partial charge < -0.3 is 16.2 Å². The Morgan fingerprint density at radius 2 is 1.79 bits per heavy atom. The van der Waals surface area contributed by atoms with E-state index in [0.29, 0.717) is 6.42 Å². The smallest absolute Gasteiger partial charge is 0.329 e. The Balaban J connectivity index is 4.65. The molecule has 82 valence electrons. The quantitative estimate of drug-likeness (QED) is 0.602. The lowest BCUT2D eigenvalue weighted by molar-refractivity contribution is -0.147. The first-order valence-electron chi connectivity index (χ1n) is 4.48. The standard InChI is InChI=1S/C9H18N2O3/c1-5-9(4,7(13)14)11-6(12)8(2,3)10/h5,10H2,1-4H3,(H,11,12)(H,13,14). The topological polar surface area (TPSA) is 92.4 Å². The third kappa shape index (κ3) is 2.99. The molecule has 0 rings (SSSR count). The number of nitrogens with two attached hydrogens (primary N) is 1. The van der Waals surface area contributed by atoms with Gasteiger partial charge in [0, 0.05) is 0 Å². The van der Waals surface area contributed by atoms with Crippen LogP contribution in [0, 0.1) is 0 Å². The molecule has 0 bridgehead atoms. The zero-order valence-electron chi connectivity index (χ0n) is 9.05. The molecule has 5 heteroatoms. The van der Waals surface area contributed by atoms with Crippen molar-refractivity contribution in [3.63, 3.8) is 0 Å². The molecule has 0 radical (unpaired) electrons. The maximum absolute atomic E-state index is 11.4. The molecular weight excluding hydrogens is 184 g/mol. The van der Waals surface area contributed by atoms with Crippen molar-refractivity contribution in [1.29, 1.82) is 0 Å². The van der Waals surface area contributed by atoms with E-state index in [2.05, 4.69) is 5.32 Å². The molecule has 0 aliphatic heterocycles. The van der Waals surface area contributed by atoms with Gasteiger partial charge in [0.25, 0.3) is 0 Å². The number of amides is 1. The van der Waals surface area contributed by atoms with Gasteiger partial charge in [-0.3, -0.25) is 4.79 Å². The number of hydrogen-bond acceptors (Lipinski definition) is 3. The van der Waals surface area contributed by atoms with Gasteiger partial charge in [-0.1, -0.05) is 6.92 Å². The van der Waals surface area contributed by atoms with Gasteiger partial charge in [0.15, 0.2) is 0 Å². The van der Waals surface area contributed by atoms with Crippen molar-refractivity contribution >= 4 is 11.9 Å². The fourth-order valence-electron chi connectivity index (χ4n) is 0.705. The molecule has 1 amide bonds. The van der Waals surface area contributed by atoms with Crippen LogP contribution in [0.1, 0.15) is 34.1 Å². The van der Waals surface area contributed by atoms with Gasteiger partial charge in [0.2, 0.25) is 5.91 Å². The fraction of sp³-hybridized carbons (Fsp3) is 0.778. The highest BCUT2D eigenvalue weighted by Gasteiger charge is 2.36. The maximum atomic E-state index is 11.4. The average molecular weight is 202 g/mol. The first-order valence-corrected chi connectivity index (χ1v) is 4.48. The van der Waals surface area contributed by atoms with Crippen LogP contribution < -0.4 is 11.1 Å². The van der Waals surface area contributed by atoms with Crippen LogP contribution in [0.3, 0.4) is 0 Å². The molecule has 1 atom stereocenters. The van der Waals surface area contributed by atoms with E-state index in [1.54, 1.807) is 6.92 Å². The van der Waals surface area contributed by atoms with E-state index in [1.807, 2.05) is 0 Å². The van der Waals surface area contributed by atoms with Crippen LogP contribution in [0.5, 0.6) is 0 Å². The maximum Gasteiger partial charge on any atom is 0.329 e. The highest BCUT2D eigenvalue weighted by atomic mass is 16.4. The van der Waals surface area contributed by atoms with E-state index in [0.717, 1.165) is 0 Å². The molecule has 4 N–H and O–H groups in total. The molecule has 0 aromatic carbocycles. The van der Waals surface area contributed by atoms with E-state index < -0.39 is 23.0 Å². The van der Waals surface area contributed by atoms with E-state index in [9.17, 15) is 9.59 Å². The number of rotatable bonds is 4. The molecule has 1 unspecified atom stereocenters. The Bertz CT molecular complexity index is 245. The Labute approximate surface area is 83.7 Å². The Hall–Kier alpha value is -1.10. The van der Waals surface area contributed by atoms with E-state index >= 15 is 0 Å². The van der Waals surface area contributed by atoms with Crippen molar-refractivity contribution in [3.05, 3.63) is 0 Å². The monoisotopic (exact) mass is 202 g/mol. The summed E-state index contributed by atoms with van der Waals surface area (Å²) in [5.41, 5.74) is 3.23. The number of hydrogen-bond donors (Lipinski definition) is 3. The van der Waals surface area contributed by atoms with Crippen molar-refractivity contribution in [1.82, 2.24) is 5.32 Å². The fourth-order valence-corrected chi connectivity index (χ4v) is 0.705. The molecule has 0 saturated heterocycles. The predicted molar refractivity (Wildman–Crippen MR) is 52.7 cm³/mol. The zero-order valence-corrected chi connectivity index (χ0v) is 9.05. The Morgan fingerprint density at radius 3 is 2.00 bits per heavy atom. The van der Waals surface area contributed by atoms with Gasteiger partial charge in [0.1, 0.15) is 5.54 Å². The Kier molecular flexibility index (Phi) is 3.65. The van der Waals surface area contributed by atoms with Crippen molar-refractivity contribution in [2.45, 2.75) is 45.2 Å². The lowest BCUT2D eigenvalue weighted by Gasteiger charge is -2.28. The number of aliphatic carboxylic acids is 1. The molecule has 5 nitrogen and oxygen atoms in total. The molecule has 0 heterocycles. The van der Waals surface area contributed by atoms with Gasteiger partial charge in [-0.2, -0.15) is 0 Å². The summed E-state index contributed by atoms with van der Waals surface area (Å²) in [5, 5.41) is 11.3. The molecule has 0 fully saturated rings. The van der Waals surface area contributed by atoms with Crippen molar-refractivity contribution < 1.29 is 14.7 Å². The summed E-state index contributed by atoms with van der Waals surface area (Å²) in [4.78, 5) is 22.3. The number of carbonyl (C=O) groups excluding carboxylic acids is 1. The minimum absolute atomic E-state index is 0.310. The summed E-state index contributed by atoms with van der Waals surface area (Å²) in [6.07, 6.45) is 0.310. The SMILES string of the molecule is CCC(C)(NC(=O)C(C)(C)N)C(=O)O. The molecule has 0 spiro atoms. The summed E-state index contributed by atoms with van der Waals surface area (Å²) >= 11 is 0. The molecule has 0 aromatic rings. The number of carboxylic acid groups (broad SMARTS) is 1. The molecular formula is C9H18N2O3. The number of carboxylic acids is 1. The van der Waals surface area contributed by atoms with Crippen molar-refractivity contribution in [2.24, 2.45) is 5.73 Å². The van der Waals surface area contributed by atoms with Crippen LogP contribution in [0.25, 0.3) is 0 Å². The van der Waals surface area contributed by atoms with Gasteiger partial charge in [0.05, 0.1) is 5.54 Å². The van der Waals surface area contributed by atoms with Crippen LogP contribution in [0.4, 0.5) is 0 Å². The van der Waals surface area contributed by atoms with Crippen LogP contribution in [0.15, 0.2) is 0 Å². The van der Waals surface area contributed by atoms with Gasteiger partial charge >= 0.3 is 5.97 Å². The summed E-state index contributed by atoms with van der Waals surface area (Å²) in [7, 11) is 0. The van der Waals surface area contributed by atoms with Crippen LogP contribution in [-0.2, 0) is 9.59 Å². The lowest BCUT2D eigenvalue weighted by atomic mass is 9.96. The van der Waals surface area contributed by atoms with E-state index in [-0.39, 0.29) is 0 Å². The molecule has 0 aliphatic rings. The minimum atomic E-state index is -1.24.